The van der Waals surface area contributed by atoms with Crippen LogP contribution in [-0.4, -0.2) is 25.5 Å². The van der Waals surface area contributed by atoms with Gasteiger partial charge in [-0.05, 0) is 32.3 Å². The van der Waals surface area contributed by atoms with Crippen molar-refractivity contribution in [1.29, 1.82) is 0 Å². The Labute approximate surface area is 105 Å². The number of fused-ring (bicyclic) bond motifs is 1. The smallest absolute Gasteiger partial charge is 0.181 e. The number of hydrogen-bond acceptors (Lipinski definition) is 4. The Bertz CT molecular complexity index is 589. The molecule has 18 heavy (non-hydrogen) atoms. The van der Waals surface area contributed by atoms with Crippen molar-refractivity contribution >= 4 is 5.78 Å². The molecule has 0 radical (unpaired) electrons. The topological polar surface area (TPSA) is 60.7 Å². The fourth-order valence-corrected chi connectivity index (χ4v) is 2.40. The van der Waals surface area contributed by atoms with E-state index in [4.69, 9.17) is 0 Å². The van der Waals surface area contributed by atoms with Gasteiger partial charge in [0, 0.05) is 17.7 Å². The first kappa shape index (κ1) is 11.1. The summed E-state index contributed by atoms with van der Waals surface area (Å²) < 4.78 is 1.71. The molecular formula is C13H14N4O. The van der Waals surface area contributed by atoms with Crippen molar-refractivity contribution < 1.29 is 4.79 Å². The van der Waals surface area contributed by atoms with Gasteiger partial charge in [-0.15, -0.1) is 0 Å². The van der Waals surface area contributed by atoms with Crippen LogP contribution in [-0.2, 0) is 6.42 Å². The zero-order chi connectivity index (χ0) is 12.5. The normalized spacial score (nSPS) is 15.3. The summed E-state index contributed by atoms with van der Waals surface area (Å²) in [6, 6.07) is 1.96. The lowest BCUT2D eigenvalue weighted by Crippen LogP contribution is -2.10. The molecule has 0 unspecified atom stereocenters. The van der Waals surface area contributed by atoms with Gasteiger partial charge in [0.15, 0.2) is 5.78 Å². The molecule has 5 heteroatoms. The average molecular weight is 242 g/mol. The van der Waals surface area contributed by atoms with Gasteiger partial charge >= 0.3 is 0 Å². The maximum Gasteiger partial charge on any atom is 0.181 e. The summed E-state index contributed by atoms with van der Waals surface area (Å²) >= 11 is 0. The minimum atomic E-state index is 0.146. The Kier molecular flexibility index (Phi) is 2.66. The molecule has 3 rings (SSSR count). The van der Waals surface area contributed by atoms with Gasteiger partial charge in [0.1, 0.15) is 18.3 Å². The number of pyridine rings is 1. The monoisotopic (exact) mass is 242 g/mol. The van der Waals surface area contributed by atoms with E-state index < -0.39 is 0 Å². The highest BCUT2D eigenvalue weighted by atomic mass is 16.1. The van der Waals surface area contributed by atoms with Crippen molar-refractivity contribution in [3.8, 4) is 5.69 Å². The molecule has 0 N–H and O–H groups in total. The number of aryl methyl sites for hydroxylation is 1. The van der Waals surface area contributed by atoms with Gasteiger partial charge in [0.25, 0.3) is 0 Å². The van der Waals surface area contributed by atoms with Crippen LogP contribution in [0.2, 0.25) is 0 Å². The summed E-state index contributed by atoms with van der Waals surface area (Å²) in [5.74, 6) is 0.146. The van der Waals surface area contributed by atoms with Crippen LogP contribution in [0.4, 0.5) is 0 Å². The van der Waals surface area contributed by atoms with Crippen molar-refractivity contribution in [2.45, 2.75) is 32.6 Å². The SMILES string of the molecule is Cc1cc(-n2cncn2)c2c(n1)C(=O)CCCC2. The Hall–Kier alpha value is -2.04. The van der Waals surface area contributed by atoms with Crippen LogP contribution >= 0.6 is 0 Å². The fourth-order valence-electron chi connectivity index (χ4n) is 2.40. The zero-order valence-corrected chi connectivity index (χ0v) is 10.3. The van der Waals surface area contributed by atoms with Gasteiger partial charge in [-0.2, -0.15) is 5.10 Å². The van der Waals surface area contributed by atoms with Crippen LogP contribution in [0.25, 0.3) is 5.69 Å². The lowest BCUT2D eigenvalue weighted by molar-refractivity contribution is 0.0977. The van der Waals surface area contributed by atoms with Gasteiger partial charge in [0.05, 0.1) is 5.69 Å². The highest BCUT2D eigenvalue weighted by Gasteiger charge is 2.21. The van der Waals surface area contributed by atoms with E-state index in [0.717, 1.165) is 36.2 Å². The summed E-state index contributed by atoms with van der Waals surface area (Å²) in [4.78, 5) is 20.5. The van der Waals surface area contributed by atoms with Gasteiger partial charge in [-0.1, -0.05) is 0 Å². The maximum atomic E-state index is 12.1. The molecule has 0 atom stereocenters. The Morgan fingerprint density at radius 1 is 1.28 bits per heavy atom. The minimum absolute atomic E-state index is 0.146. The van der Waals surface area contributed by atoms with Crippen LogP contribution in [0.15, 0.2) is 18.7 Å². The van der Waals surface area contributed by atoms with Crippen molar-refractivity contribution in [1.82, 2.24) is 19.7 Å². The summed E-state index contributed by atoms with van der Waals surface area (Å²) in [6.07, 6.45) is 6.59. The van der Waals surface area contributed by atoms with Gasteiger partial charge in [-0.25, -0.2) is 14.6 Å². The molecule has 2 aromatic heterocycles. The number of nitrogens with zero attached hydrogens (tertiary/aromatic N) is 4. The number of Topliss-reactive ketones (excluding diaryl/α,β-unsaturated/α-hetero) is 1. The molecule has 1 aliphatic carbocycles. The zero-order valence-electron chi connectivity index (χ0n) is 10.3. The quantitative estimate of drug-likeness (QED) is 0.716. The van der Waals surface area contributed by atoms with Gasteiger partial charge in [0.2, 0.25) is 0 Å². The second-order valence-electron chi connectivity index (χ2n) is 4.58. The molecule has 2 heterocycles. The number of rotatable bonds is 1. The van der Waals surface area contributed by atoms with Crippen LogP contribution in [0.3, 0.4) is 0 Å². The molecule has 0 aliphatic heterocycles. The standard InChI is InChI=1S/C13H14N4O/c1-9-6-11(17-8-14-7-15-17)10-4-2-3-5-12(18)13(10)16-9/h6-8H,2-5H2,1H3. The third-order valence-electron chi connectivity index (χ3n) is 3.24. The molecule has 92 valence electrons. The second kappa shape index (κ2) is 4.33. The maximum absolute atomic E-state index is 12.1. The second-order valence-corrected chi connectivity index (χ2v) is 4.58. The predicted molar refractivity (Wildman–Crippen MR) is 65.8 cm³/mol. The highest BCUT2D eigenvalue weighted by Crippen LogP contribution is 2.25. The molecule has 0 amide bonds. The summed E-state index contributed by atoms with van der Waals surface area (Å²) in [5, 5.41) is 4.16. The predicted octanol–water partition coefficient (Wildman–Crippen LogP) is 1.88. The lowest BCUT2D eigenvalue weighted by Gasteiger charge is -2.11. The van der Waals surface area contributed by atoms with E-state index in [2.05, 4.69) is 15.1 Å². The van der Waals surface area contributed by atoms with Crippen LogP contribution in [0.5, 0.6) is 0 Å². The average Bonchev–Trinajstić information content (AvgIpc) is 2.82. The van der Waals surface area contributed by atoms with E-state index in [1.165, 1.54) is 6.33 Å². The van der Waals surface area contributed by atoms with E-state index in [9.17, 15) is 4.79 Å². The number of hydrogen-bond donors (Lipinski definition) is 0. The molecule has 5 nitrogen and oxygen atoms in total. The summed E-state index contributed by atoms with van der Waals surface area (Å²) in [7, 11) is 0. The molecular weight excluding hydrogens is 228 g/mol. The molecule has 2 aromatic rings. The van der Waals surface area contributed by atoms with E-state index in [1.54, 1.807) is 11.0 Å². The Morgan fingerprint density at radius 3 is 2.89 bits per heavy atom. The minimum Gasteiger partial charge on any atom is -0.292 e. The summed E-state index contributed by atoms with van der Waals surface area (Å²) in [5.41, 5.74) is 3.41. The third kappa shape index (κ3) is 1.81. The number of ketones is 1. The van der Waals surface area contributed by atoms with Crippen molar-refractivity contribution in [3.63, 3.8) is 0 Å². The highest BCUT2D eigenvalue weighted by molar-refractivity contribution is 5.96. The molecule has 0 fully saturated rings. The first-order chi connectivity index (χ1) is 8.75. The van der Waals surface area contributed by atoms with Crippen molar-refractivity contribution in [2.24, 2.45) is 0 Å². The van der Waals surface area contributed by atoms with Crippen LogP contribution < -0.4 is 0 Å². The van der Waals surface area contributed by atoms with Crippen LogP contribution in [0.1, 0.15) is 41.0 Å². The van der Waals surface area contributed by atoms with Crippen molar-refractivity contribution in [3.05, 3.63) is 35.7 Å². The van der Waals surface area contributed by atoms with Crippen molar-refractivity contribution in [2.75, 3.05) is 0 Å². The van der Waals surface area contributed by atoms with Crippen LogP contribution in [0, 0.1) is 6.92 Å². The molecule has 0 saturated heterocycles. The molecule has 0 spiro atoms. The molecule has 0 aromatic carbocycles. The third-order valence-corrected chi connectivity index (χ3v) is 3.24. The van der Waals surface area contributed by atoms with E-state index in [1.807, 2.05) is 13.0 Å². The lowest BCUT2D eigenvalue weighted by atomic mass is 10.1. The molecule has 0 saturated carbocycles. The van der Waals surface area contributed by atoms with E-state index >= 15 is 0 Å². The van der Waals surface area contributed by atoms with Gasteiger partial charge in [-0.3, -0.25) is 4.79 Å². The largest absolute Gasteiger partial charge is 0.292 e. The number of aromatic nitrogens is 4. The molecule has 1 aliphatic rings. The first-order valence-corrected chi connectivity index (χ1v) is 6.14. The number of carbonyl (C=O) groups excluding carboxylic acids is 1. The first-order valence-electron chi connectivity index (χ1n) is 6.14. The Balaban J connectivity index is 2.23. The fraction of sp³-hybridized carbons (Fsp3) is 0.385. The van der Waals surface area contributed by atoms with E-state index in [0.29, 0.717) is 12.1 Å². The number of carbonyl (C=O) groups is 1. The summed E-state index contributed by atoms with van der Waals surface area (Å²) in [6.45, 7) is 1.90. The van der Waals surface area contributed by atoms with E-state index in [-0.39, 0.29) is 5.78 Å². The molecule has 0 bridgehead atoms. The Morgan fingerprint density at radius 2 is 2.11 bits per heavy atom. The van der Waals surface area contributed by atoms with Gasteiger partial charge < -0.3 is 0 Å².